The number of carbonyl (C=O) groups is 1. The summed E-state index contributed by atoms with van der Waals surface area (Å²) in [5, 5.41) is 14.4. The number of hydrogen-bond donors (Lipinski definition) is 2. The lowest BCUT2D eigenvalue weighted by Gasteiger charge is -2.22. The van der Waals surface area contributed by atoms with E-state index in [0.717, 1.165) is 0 Å². The van der Waals surface area contributed by atoms with E-state index in [9.17, 15) is 4.79 Å². The normalized spacial score (nSPS) is 10.6. The van der Waals surface area contributed by atoms with Crippen molar-refractivity contribution in [3.8, 4) is 6.07 Å². The molecule has 0 saturated carbocycles. The summed E-state index contributed by atoms with van der Waals surface area (Å²) in [6.45, 7) is 3.58. The minimum atomic E-state index is -0.636. The molecule has 0 atom stereocenters. The summed E-state index contributed by atoms with van der Waals surface area (Å²) in [6, 6.07) is 8.85. The Balaban J connectivity index is 2.82. The van der Waals surface area contributed by atoms with Crippen molar-refractivity contribution in [2.24, 2.45) is 0 Å². The molecule has 0 spiro atoms. The molecule has 0 aliphatic heterocycles. The Hall–Kier alpha value is -1.86. The van der Waals surface area contributed by atoms with Gasteiger partial charge in [-0.1, -0.05) is 6.07 Å². The maximum absolute atomic E-state index is 11.8. The molecule has 1 rings (SSSR count). The second kappa shape index (κ2) is 4.77. The highest BCUT2D eigenvalue weighted by atomic mass is 16.2. The largest absolute Gasteiger partial charge is 0.324 e. The molecule has 4 nitrogen and oxygen atoms in total. The van der Waals surface area contributed by atoms with Crippen LogP contribution >= 0.6 is 0 Å². The zero-order chi connectivity index (χ0) is 12.2. The van der Waals surface area contributed by atoms with Gasteiger partial charge in [0, 0.05) is 5.69 Å². The molecule has 0 unspecified atom stereocenters. The average molecular weight is 217 g/mol. The number of nitrogens with zero attached hydrogens (tertiary/aromatic N) is 1. The van der Waals surface area contributed by atoms with E-state index in [1.807, 2.05) is 6.07 Å². The van der Waals surface area contributed by atoms with Crippen molar-refractivity contribution in [3.63, 3.8) is 0 Å². The molecule has 0 bridgehead atoms. The van der Waals surface area contributed by atoms with Crippen LogP contribution in [0, 0.1) is 11.3 Å². The van der Waals surface area contributed by atoms with Crippen molar-refractivity contribution in [1.29, 1.82) is 5.26 Å². The second-order valence-corrected chi connectivity index (χ2v) is 4.02. The molecule has 0 radical (unpaired) electrons. The van der Waals surface area contributed by atoms with Crippen LogP contribution in [0.25, 0.3) is 0 Å². The van der Waals surface area contributed by atoms with E-state index in [4.69, 9.17) is 5.26 Å². The number of amides is 1. The summed E-state index contributed by atoms with van der Waals surface area (Å²) in [4.78, 5) is 11.8. The highest BCUT2D eigenvalue weighted by Gasteiger charge is 2.24. The Morgan fingerprint density at radius 3 is 2.69 bits per heavy atom. The fraction of sp³-hybridized carbons (Fsp3) is 0.333. The number of hydrogen-bond acceptors (Lipinski definition) is 3. The van der Waals surface area contributed by atoms with Crippen molar-refractivity contribution in [2.45, 2.75) is 19.4 Å². The summed E-state index contributed by atoms with van der Waals surface area (Å²) in [7, 11) is 1.73. The quantitative estimate of drug-likeness (QED) is 0.806. The SMILES string of the molecule is CNC(C)(C)C(=O)Nc1cccc(C#N)c1. The fourth-order valence-electron chi connectivity index (χ4n) is 1.07. The Kier molecular flexibility index (Phi) is 3.64. The van der Waals surface area contributed by atoms with Crippen LogP contribution in [0.5, 0.6) is 0 Å². The minimum absolute atomic E-state index is 0.134. The number of nitrogens with one attached hydrogen (secondary N) is 2. The van der Waals surface area contributed by atoms with Crippen LogP contribution in [0.2, 0.25) is 0 Å². The predicted molar refractivity (Wildman–Crippen MR) is 62.9 cm³/mol. The summed E-state index contributed by atoms with van der Waals surface area (Å²) >= 11 is 0. The van der Waals surface area contributed by atoms with E-state index in [2.05, 4.69) is 10.6 Å². The molecule has 1 aromatic carbocycles. The number of anilines is 1. The standard InChI is InChI=1S/C12H15N3O/c1-12(2,14-3)11(16)15-10-6-4-5-9(7-10)8-13/h4-7,14H,1-3H3,(H,15,16). The van der Waals surface area contributed by atoms with E-state index in [1.165, 1.54) is 0 Å². The Labute approximate surface area is 95.3 Å². The molecule has 0 aliphatic rings. The van der Waals surface area contributed by atoms with Gasteiger partial charge >= 0.3 is 0 Å². The van der Waals surface area contributed by atoms with Crippen LogP contribution in [0.4, 0.5) is 5.69 Å². The maximum Gasteiger partial charge on any atom is 0.244 e. The van der Waals surface area contributed by atoms with Gasteiger partial charge in [0.2, 0.25) is 5.91 Å². The van der Waals surface area contributed by atoms with E-state index in [-0.39, 0.29) is 5.91 Å². The third kappa shape index (κ3) is 2.81. The Bertz CT molecular complexity index is 432. The minimum Gasteiger partial charge on any atom is -0.324 e. The van der Waals surface area contributed by atoms with Crippen molar-refractivity contribution in [1.82, 2.24) is 5.32 Å². The van der Waals surface area contributed by atoms with Crippen molar-refractivity contribution in [2.75, 3.05) is 12.4 Å². The molecule has 0 aliphatic carbocycles. The van der Waals surface area contributed by atoms with Crippen molar-refractivity contribution < 1.29 is 4.79 Å². The first kappa shape index (κ1) is 12.2. The first-order valence-corrected chi connectivity index (χ1v) is 5.00. The van der Waals surface area contributed by atoms with Crippen LogP contribution in [0.3, 0.4) is 0 Å². The first-order chi connectivity index (χ1) is 7.49. The molecule has 1 aromatic rings. The van der Waals surface area contributed by atoms with Crippen LogP contribution in [0.15, 0.2) is 24.3 Å². The third-order valence-corrected chi connectivity index (χ3v) is 2.44. The maximum atomic E-state index is 11.8. The van der Waals surface area contributed by atoms with Gasteiger partial charge < -0.3 is 10.6 Å². The second-order valence-electron chi connectivity index (χ2n) is 4.02. The molecular weight excluding hydrogens is 202 g/mol. The number of carbonyl (C=O) groups excluding carboxylic acids is 1. The molecule has 4 heteroatoms. The van der Waals surface area contributed by atoms with Gasteiger partial charge in [0.05, 0.1) is 17.2 Å². The predicted octanol–water partition coefficient (Wildman–Crippen LogP) is 1.49. The molecule has 2 N–H and O–H groups in total. The van der Waals surface area contributed by atoms with Crippen LogP contribution in [-0.4, -0.2) is 18.5 Å². The lowest BCUT2D eigenvalue weighted by Crippen LogP contribution is -2.47. The molecule has 0 heterocycles. The third-order valence-electron chi connectivity index (χ3n) is 2.44. The van der Waals surface area contributed by atoms with Crippen LogP contribution < -0.4 is 10.6 Å². The lowest BCUT2D eigenvalue weighted by atomic mass is 10.0. The van der Waals surface area contributed by atoms with Crippen LogP contribution in [0.1, 0.15) is 19.4 Å². The Morgan fingerprint density at radius 1 is 1.44 bits per heavy atom. The van der Waals surface area contributed by atoms with Gasteiger partial charge in [0.25, 0.3) is 0 Å². The number of nitriles is 1. The number of rotatable bonds is 3. The van der Waals surface area contributed by atoms with Gasteiger partial charge in [-0.15, -0.1) is 0 Å². The van der Waals surface area contributed by atoms with E-state index < -0.39 is 5.54 Å². The molecule has 16 heavy (non-hydrogen) atoms. The van der Waals surface area contributed by atoms with Gasteiger partial charge in [-0.3, -0.25) is 4.79 Å². The molecule has 0 fully saturated rings. The average Bonchev–Trinajstić information content (AvgIpc) is 2.29. The van der Waals surface area contributed by atoms with E-state index >= 15 is 0 Å². The zero-order valence-corrected chi connectivity index (χ0v) is 9.66. The summed E-state index contributed by atoms with van der Waals surface area (Å²) < 4.78 is 0. The monoisotopic (exact) mass is 217 g/mol. The van der Waals surface area contributed by atoms with Crippen molar-refractivity contribution in [3.05, 3.63) is 29.8 Å². The number of likely N-dealkylation sites (N-methyl/N-ethyl adjacent to an activating group) is 1. The fourth-order valence-corrected chi connectivity index (χ4v) is 1.07. The molecule has 1 amide bonds. The molecule has 0 aromatic heterocycles. The first-order valence-electron chi connectivity index (χ1n) is 5.00. The smallest absolute Gasteiger partial charge is 0.244 e. The highest BCUT2D eigenvalue weighted by molar-refractivity contribution is 5.97. The van der Waals surface area contributed by atoms with Gasteiger partial charge in [0.1, 0.15) is 0 Å². The summed E-state index contributed by atoms with van der Waals surface area (Å²) in [5.41, 5.74) is 0.523. The topological polar surface area (TPSA) is 64.9 Å². The zero-order valence-electron chi connectivity index (χ0n) is 9.66. The van der Waals surface area contributed by atoms with Gasteiger partial charge in [-0.2, -0.15) is 5.26 Å². The Morgan fingerprint density at radius 2 is 2.12 bits per heavy atom. The van der Waals surface area contributed by atoms with E-state index in [0.29, 0.717) is 11.3 Å². The summed E-state index contributed by atoms with van der Waals surface area (Å²) in [6.07, 6.45) is 0. The summed E-state index contributed by atoms with van der Waals surface area (Å²) in [5.74, 6) is -0.134. The van der Waals surface area contributed by atoms with Gasteiger partial charge in [-0.25, -0.2) is 0 Å². The molecular formula is C12H15N3O. The number of benzene rings is 1. The highest BCUT2D eigenvalue weighted by Crippen LogP contribution is 2.12. The van der Waals surface area contributed by atoms with Crippen molar-refractivity contribution >= 4 is 11.6 Å². The lowest BCUT2D eigenvalue weighted by molar-refractivity contribution is -0.121. The van der Waals surface area contributed by atoms with Gasteiger partial charge in [-0.05, 0) is 39.1 Å². The van der Waals surface area contributed by atoms with Gasteiger partial charge in [0.15, 0.2) is 0 Å². The van der Waals surface area contributed by atoms with Crippen LogP contribution in [-0.2, 0) is 4.79 Å². The van der Waals surface area contributed by atoms with E-state index in [1.54, 1.807) is 45.2 Å². The molecule has 84 valence electrons. The molecule has 0 saturated heterocycles.